The zero-order valence-corrected chi connectivity index (χ0v) is 17.4. The summed E-state index contributed by atoms with van der Waals surface area (Å²) < 4.78 is 5.26. The highest BCUT2D eigenvalue weighted by atomic mass is 16.6. The number of hydrazone groups is 1. The minimum Gasteiger partial charge on any atom is -0.497 e. The van der Waals surface area contributed by atoms with Crippen molar-refractivity contribution in [3.8, 4) is 5.75 Å². The Bertz CT molecular complexity index is 1190. The predicted molar refractivity (Wildman–Crippen MR) is 120 cm³/mol. The van der Waals surface area contributed by atoms with Crippen LogP contribution in [0.4, 0.5) is 0 Å². The third-order valence-electron chi connectivity index (χ3n) is 6.32. The molecule has 5 rings (SSSR count). The molecular formula is C25H21N3O4. The average Bonchev–Trinajstić information content (AvgIpc) is 3.20. The molecule has 0 spiro atoms. The zero-order chi connectivity index (χ0) is 22.2. The first-order chi connectivity index (χ1) is 15.6. The fourth-order valence-corrected chi connectivity index (χ4v) is 4.88. The van der Waals surface area contributed by atoms with Crippen molar-refractivity contribution in [1.82, 2.24) is 5.01 Å². The number of hydrogen-bond acceptors (Lipinski definition) is 6. The molecule has 4 atom stereocenters. The van der Waals surface area contributed by atoms with Crippen LogP contribution in [0, 0.1) is 10.1 Å². The first-order valence-corrected chi connectivity index (χ1v) is 10.4. The third kappa shape index (κ3) is 3.13. The minimum absolute atomic E-state index is 0.183. The first kappa shape index (κ1) is 19.9. The summed E-state index contributed by atoms with van der Waals surface area (Å²) in [4.78, 5) is 25.9. The maximum atomic E-state index is 13.7. The Balaban J connectivity index is 1.69. The molecule has 0 N–H and O–H groups in total. The number of nitro groups is 1. The maximum absolute atomic E-state index is 13.7. The van der Waals surface area contributed by atoms with Gasteiger partial charge >= 0.3 is 0 Å². The lowest BCUT2D eigenvalue weighted by atomic mass is 9.82. The molecule has 0 radical (unpaired) electrons. The number of nitrogens with zero attached hydrogens (tertiary/aromatic N) is 3. The number of methoxy groups -OCH3 is 1. The SMILES string of the molecule is COc1ccc([C@H]2[C@@H]([N+](=O)[O-])[C@H]3c4ccccc4C=NN3[C@H]2C(=O)c2ccccc2)cc1. The lowest BCUT2D eigenvalue weighted by molar-refractivity contribution is -0.529. The molecule has 3 aromatic rings. The summed E-state index contributed by atoms with van der Waals surface area (Å²) in [7, 11) is 1.57. The molecule has 0 aliphatic carbocycles. The number of benzene rings is 3. The van der Waals surface area contributed by atoms with Gasteiger partial charge in [0.2, 0.25) is 6.04 Å². The molecule has 0 bridgehead atoms. The smallest absolute Gasteiger partial charge is 0.248 e. The van der Waals surface area contributed by atoms with Crippen molar-refractivity contribution < 1.29 is 14.5 Å². The van der Waals surface area contributed by atoms with Gasteiger partial charge in [0.25, 0.3) is 0 Å². The topological polar surface area (TPSA) is 85.0 Å². The van der Waals surface area contributed by atoms with Crippen molar-refractivity contribution in [1.29, 1.82) is 0 Å². The number of ketones is 1. The Morgan fingerprint density at radius 1 is 1.00 bits per heavy atom. The van der Waals surface area contributed by atoms with Gasteiger partial charge in [0, 0.05) is 16.1 Å². The van der Waals surface area contributed by atoms with Crippen LogP contribution >= 0.6 is 0 Å². The van der Waals surface area contributed by atoms with E-state index in [0.29, 0.717) is 16.9 Å². The Hall–Kier alpha value is -4.00. The lowest BCUT2D eigenvalue weighted by Gasteiger charge is -2.30. The van der Waals surface area contributed by atoms with Crippen molar-refractivity contribution >= 4 is 12.0 Å². The summed E-state index contributed by atoms with van der Waals surface area (Å²) in [5, 5.41) is 18.7. The normalized spacial score (nSPS) is 23.3. The van der Waals surface area contributed by atoms with E-state index in [0.717, 1.165) is 11.1 Å². The standard InChI is InChI=1S/C25H21N3O4/c1-32-19-13-11-16(12-14-19)21-23(28(30)31)22-20-10-6-5-9-18(20)15-26-27(22)24(21)25(29)17-7-3-2-4-8-17/h2-15,21-24H,1H3/t21-,22+,23+,24+/m0/s1. The Labute approximate surface area is 185 Å². The van der Waals surface area contributed by atoms with Crippen molar-refractivity contribution in [3.63, 3.8) is 0 Å². The number of hydrogen-bond donors (Lipinski definition) is 0. The highest BCUT2D eigenvalue weighted by molar-refractivity contribution is 6.01. The van der Waals surface area contributed by atoms with E-state index in [-0.39, 0.29) is 10.7 Å². The number of rotatable bonds is 5. The molecule has 3 aromatic carbocycles. The molecule has 2 aliphatic rings. The van der Waals surface area contributed by atoms with E-state index in [1.165, 1.54) is 0 Å². The molecule has 160 valence electrons. The number of carbonyl (C=O) groups is 1. The van der Waals surface area contributed by atoms with Gasteiger partial charge in [-0.2, -0.15) is 5.10 Å². The van der Waals surface area contributed by atoms with Crippen molar-refractivity contribution in [2.45, 2.75) is 24.0 Å². The molecule has 2 aliphatic heterocycles. The minimum atomic E-state index is -1.04. The summed E-state index contributed by atoms with van der Waals surface area (Å²) in [6.45, 7) is 0. The zero-order valence-electron chi connectivity index (χ0n) is 17.4. The first-order valence-electron chi connectivity index (χ1n) is 10.4. The van der Waals surface area contributed by atoms with Crippen molar-refractivity contribution in [3.05, 3.63) is 111 Å². The molecule has 0 unspecified atom stereocenters. The van der Waals surface area contributed by atoms with Gasteiger partial charge in [0.15, 0.2) is 5.78 Å². The Kier molecular flexibility index (Phi) is 4.93. The molecule has 2 heterocycles. The fourth-order valence-electron chi connectivity index (χ4n) is 4.88. The van der Waals surface area contributed by atoms with Crippen molar-refractivity contribution in [2.75, 3.05) is 7.11 Å². The molecule has 32 heavy (non-hydrogen) atoms. The van der Waals surface area contributed by atoms with Gasteiger partial charge in [-0.25, -0.2) is 0 Å². The molecule has 1 fully saturated rings. The third-order valence-corrected chi connectivity index (χ3v) is 6.32. The summed E-state index contributed by atoms with van der Waals surface area (Å²) in [5.74, 6) is -0.217. The lowest BCUT2D eigenvalue weighted by Crippen LogP contribution is -2.38. The molecule has 0 amide bonds. The van der Waals surface area contributed by atoms with Gasteiger partial charge in [0.05, 0.1) is 19.2 Å². The largest absolute Gasteiger partial charge is 0.497 e. The Morgan fingerprint density at radius 3 is 2.38 bits per heavy atom. The number of carbonyl (C=O) groups excluding carboxylic acids is 1. The summed E-state index contributed by atoms with van der Waals surface area (Å²) in [5.41, 5.74) is 2.87. The van der Waals surface area contributed by atoms with Crippen LogP contribution in [-0.4, -0.2) is 41.1 Å². The van der Waals surface area contributed by atoms with E-state index in [1.807, 2.05) is 30.3 Å². The maximum Gasteiger partial charge on any atom is 0.248 e. The second-order valence-corrected chi connectivity index (χ2v) is 7.95. The summed E-state index contributed by atoms with van der Waals surface area (Å²) in [6, 6.07) is 21.1. The number of fused-ring (bicyclic) bond motifs is 3. The van der Waals surface area contributed by atoms with Crippen LogP contribution in [-0.2, 0) is 0 Å². The summed E-state index contributed by atoms with van der Waals surface area (Å²) >= 11 is 0. The quantitative estimate of drug-likeness (QED) is 0.348. The monoisotopic (exact) mass is 427 g/mol. The van der Waals surface area contributed by atoms with Crippen LogP contribution in [0.15, 0.2) is 84.0 Å². The van der Waals surface area contributed by atoms with Gasteiger partial charge in [-0.05, 0) is 23.3 Å². The molecule has 7 nitrogen and oxygen atoms in total. The molecule has 7 heteroatoms. The molecule has 0 aromatic heterocycles. The number of ether oxygens (including phenoxy) is 1. The highest BCUT2D eigenvalue weighted by Gasteiger charge is 2.60. The van der Waals surface area contributed by atoms with Crippen LogP contribution in [0.25, 0.3) is 0 Å². The van der Waals surface area contributed by atoms with E-state index >= 15 is 0 Å². The molecule has 0 saturated carbocycles. The van der Waals surface area contributed by atoms with Gasteiger partial charge in [-0.3, -0.25) is 19.9 Å². The van der Waals surface area contributed by atoms with Crippen LogP contribution in [0.3, 0.4) is 0 Å². The molecular weight excluding hydrogens is 406 g/mol. The highest BCUT2D eigenvalue weighted by Crippen LogP contribution is 2.49. The van der Waals surface area contributed by atoms with Gasteiger partial charge in [0.1, 0.15) is 17.8 Å². The summed E-state index contributed by atoms with van der Waals surface area (Å²) in [6.07, 6.45) is 1.69. The van der Waals surface area contributed by atoms with Crippen LogP contribution < -0.4 is 4.74 Å². The molecule has 1 saturated heterocycles. The van der Waals surface area contributed by atoms with Crippen LogP contribution in [0.5, 0.6) is 5.75 Å². The second-order valence-electron chi connectivity index (χ2n) is 7.95. The van der Waals surface area contributed by atoms with E-state index in [1.54, 1.807) is 66.9 Å². The van der Waals surface area contributed by atoms with Crippen molar-refractivity contribution in [2.24, 2.45) is 5.10 Å². The number of Topliss-reactive ketones (excluding diaryl/α,β-unsaturated/α-hetero) is 1. The fraction of sp³-hybridized carbons (Fsp3) is 0.200. The average molecular weight is 427 g/mol. The van der Waals surface area contributed by atoms with E-state index < -0.39 is 24.0 Å². The second kappa shape index (κ2) is 7.92. The van der Waals surface area contributed by atoms with E-state index in [9.17, 15) is 14.9 Å². The van der Waals surface area contributed by atoms with Crippen LogP contribution in [0.2, 0.25) is 0 Å². The van der Waals surface area contributed by atoms with E-state index in [2.05, 4.69) is 5.10 Å². The van der Waals surface area contributed by atoms with Crippen LogP contribution in [0.1, 0.15) is 39.0 Å². The van der Waals surface area contributed by atoms with Gasteiger partial charge in [-0.1, -0.05) is 66.7 Å². The predicted octanol–water partition coefficient (Wildman–Crippen LogP) is 4.08. The van der Waals surface area contributed by atoms with Gasteiger partial charge in [-0.15, -0.1) is 0 Å². The van der Waals surface area contributed by atoms with E-state index in [4.69, 9.17) is 4.74 Å². The Morgan fingerprint density at radius 2 is 1.69 bits per heavy atom. The van der Waals surface area contributed by atoms with Gasteiger partial charge < -0.3 is 4.74 Å².